The van der Waals surface area contributed by atoms with Crippen molar-refractivity contribution < 1.29 is 4.52 Å². The van der Waals surface area contributed by atoms with Crippen LogP contribution in [-0.4, -0.2) is 34.3 Å². The van der Waals surface area contributed by atoms with Crippen LogP contribution in [0, 0.1) is 6.92 Å². The molecule has 0 unspecified atom stereocenters. The lowest BCUT2D eigenvalue weighted by Gasteiger charge is -2.11. The van der Waals surface area contributed by atoms with E-state index in [1.54, 1.807) is 0 Å². The summed E-state index contributed by atoms with van der Waals surface area (Å²) in [4.78, 5) is 8.32. The van der Waals surface area contributed by atoms with Gasteiger partial charge in [-0.25, -0.2) is 4.98 Å². The van der Waals surface area contributed by atoms with E-state index in [2.05, 4.69) is 25.8 Å². The van der Waals surface area contributed by atoms with Gasteiger partial charge < -0.3 is 15.2 Å². The molecule has 96 valence electrons. The van der Waals surface area contributed by atoms with Gasteiger partial charge in [-0.1, -0.05) is 5.16 Å². The molecule has 18 heavy (non-hydrogen) atoms. The Morgan fingerprint density at radius 2 is 2.44 bits per heavy atom. The van der Waals surface area contributed by atoms with E-state index < -0.39 is 0 Å². The first kappa shape index (κ1) is 11.4. The largest absolute Gasteiger partial charge is 0.369 e. The number of aromatic nitrogens is 3. The molecule has 1 aliphatic rings. The fourth-order valence-electron chi connectivity index (χ4n) is 2.42. The summed E-state index contributed by atoms with van der Waals surface area (Å²) < 4.78 is 5.12. The van der Waals surface area contributed by atoms with E-state index in [-0.39, 0.29) is 0 Å². The molecule has 2 aromatic heterocycles. The van der Waals surface area contributed by atoms with Gasteiger partial charge in [0.2, 0.25) is 0 Å². The first-order valence-corrected chi connectivity index (χ1v) is 6.39. The SMILES string of the molecule is Cc1noc2ncnc(NCC[C@@H]3CCCN3)c12. The van der Waals surface area contributed by atoms with Gasteiger partial charge in [0, 0.05) is 12.6 Å². The molecule has 3 heterocycles. The van der Waals surface area contributed by atoms with Crippen LogP contribution in [-0.2, 0) is 0 Å². The number of rotatable bonds is 4. The topological polar surface area (TPSA) is 75.9 Å². The third kappa shape index (κ3) is 2.15. The monoisotopic (exact) mass is 247 g/mol. The smallest absolute Gasteiger partial charge is 0.263 e. The summed E-state index contributed by atoms with van der Waals surface area (Å²) >= 11 is 0. The fraction of sp³-hybridized carbons (Fsp3) is 0.583. The summed E-state index contributed by atoms with van der Waals surface area (Å²) in [5, 5.41) is 11.6. The first-order chi connectivity index (χ1) is 8.84. The molecule has 0 aliphatic carbocycles. The van der Waals surface area contributed by atoms with Crippen LogP contribution in [0.15, 0.2) is 10.9 Å². The van der Waals surface area contributed by atoms with Gasteiger partial charge in [-0.2, -0.15) is 4.98 Å². The second-order valence-corrected chi connectivity index (χ2v) is 4.68. The third-order valence-corrected chi connectivity index (χ3v) is 3.39. The van der Waals surface area contributed by atoms with E-state index >= 15 is 0 Å². The Bertz CT molecular complexity index is 532. The summed E-state index contributed by atoms with van der Waals surface area (Å²) in [6.07, 6.45) is 5.17. The van der Waals surface area contributed by atoms with E-state index in [4.69, 9.17) is 4.52 Å². The van der Waals surface area contributed by atoms with Gasteiger partial charge in [-0.05, 0) is 32.7 Å². The van der Waals surface area contributed by atoms with E-state index in [9.17, 15) is 0 Å². The summed E-state index contributed by atoms with van der Waals surface area (Å²) in [5.74, 6) is 0.816. The molecule has 2 N–H and O–H groups in total. The number of hydrogen-bond donors (Lipinski definition) is 2. The maximum atomic E-state index is 5.12. The van der Waals surface area contributed by atoms with E-state index in [1.807, 2.05) is 6.92 Å². The van der Waals surface area contributed by atoms with Crippen molar-refractivity contribution in [2.24, 2.45) is 0 Å². The molecule has 2 aromatic rings. The molecule has 6 heteroatoms. The van der Waals surface area contributed by atoms with Crippen molar-refractivity contribution in [1.82, 2.24) is 20.4 Å². The average molecular weight is 247 g/mol. The van der Waals surface area contributed by atoms with Gasteiger partial charge >= 0.3 is 0 Å². The molecule has 6 nitrogen and oxygen atoms in total. The number of aryl methyl sites for hydroxylation is 1. The van der Waals surface area contributed by atoms with Gasteiger partial charge in [0.15, 0.2) is 0 Å². The molecule has 0 bridgehead atoms. The van der Waals surface area contributed by atoms with Crippen molar-refractivity contribution in [3.63, 3.8) is 0 Å². The summed E-state index contributed by atoms with van der Waals surface area (Å²) in [7, 11) is 0. The highest BCUT2D eigenvalue weighted by Gasteiger charge is 2.15. The van der Waals surface area contributed by atoms with Crippen LogP contribution in [0.1, 0.15) is 25.0 Å². The van der Waals surface area contributed by atoms with Crippen molar-refractivity contribution in [3.05, 3.63) is 12.0 Å². The average Bonchev–Trinajstić information content (AvgIpc) is 3.00. The molecule has 1 fully saturated rings. The van der Waals surface area contributed by atoms with Gasteiger partial charge in [0.25, 0.3) is 5.71 Å². The predicted molar refractivity (Wildman–Crippen MR) is 68.5 cm³/mol. The van der Waals surface area contributed by atoms with Gasteiger partial charge in [0.1, 0.15) is 17.5 Å². The zero-order valence-electron chi connectivity index (χ0n) is 10.4. The molecule has 0 saturated carbocycles. The lowest BCUT2D eigenvalue weighted by atomic mass is 10.1. The molecule has 0 amide bonds. The van der Waals surface area contributed by atoms with E-state index in [0.717, 1.165) is 36.4 Å². The molecule has 1 atom stereocenters. The number of nitrogens with one attached hydrogen (secondary N) is 2. The highest BCUT2D eigenvalue weighted by molar-refractivity contribution is 5.87. The van der Waals surface area contributed by atoms with Crippen LogP contribution in [0.25, 0.3) is 11.1 Å². The van der Waals surface area contributed by atoms with Crippen LogP contribution in [0.3, 0.4) is 0 Å². The lowest BCUT2D eigenvalue weighted by molar-refractivity contribution is 0.442. The van der Waals surface area contributed by atoms with Crippen molar-refractivity contribution >= 4 is 16.9 Å². The summed E-state index contributed by atoms with van der Waals surface area (Å²) in [6, 6.07) is 0.637. The minimum absolute atomic E-state index is 0.545. The van der Waals surface area contributed by atoms with Gasteiger partial charge in [-0.15, -0.1) is 0 Å². The zero-order chi connectivity index (χ0) is 12.4. The maximum absolute atomic E-state index is 5.12. The molecule has 0 spiro atoms. The van der Waals surface area contributed by atoms with Gasteiger partial charge in [-0.3, -0.25) is 0 Å². The molecule has 1 saturated heterocycles. The minimum atomic E-state index is 0.545. The second-order valence-electron chi connectivity index (χ2n) is 4.68. The van der Waals surface area contributed by atoms with E-state index in [0.29, 0.717) is 11.8 Å². The van der Waals surface area contributed by atoms with Gasteiger partial charge in [0.05, 0.1) is 5.69 Å². The minimum Gasteiger partial charge on any atom is -0.369 e. The lowest BCUT2D eigenvalue weighted by Crippen LogP contribution is -2.24. The normalized spacial score (nSPS) is 19.5. The molecule has 0 aromatic carbocycles. The Hall–Kier alpha value is -1.69. The molecule has 0 radical (unpaired) electrons. The quantitative estimate of drug-likeness (QED) is 0.852. The first-order valence-electron chi connectivity index (χ1n) is 6.39. The Morgan fingerprint density at radius 3 is 3.28 bits per heavy atom. The van der Waals surface area contributed by atoms with Crippen molar-refractivity contribution in [2.75, 3.05) is 18.4 Å². The maximum Gasteiger partial charge on any atom is 0.263 e. The highest BCUT2D eigenvalue weighted by atomic mass is 16.5. The predicted octanol–water partition coefficient (Wildman–Crippen LogP) is 1.48. The van der Waals surface area contributed by atoms with Crippen LogP contribution in [0.5, 0.6) is 0 Å². The third-order valence-electron chi connectivity index (χ3n) is 3.39. The van der Waals surface area contributed by atoms with Crippen LogP contribution in [0.4, 0.5) is 5.82 Å². The zero-order valence-corrected chi connectivity index (χ0v) is 10.4. The van der Waals surface area contributed by atoms with Crippen LogP contribution in [0.2, 0.25) is 0 Å². The Labute approximate surface area is 105 Å². The van der Waals surface area contributed by atoms with Crippen molar-refractivity contribution in [3.8, 4) is 0 Å². The number of anilines is 1. The second kappa shape index (κ2) is 4.89. The summed E-state index contributed by atoms with van der Waals surface area (Å²) in [6.45, 7) is 3.94. The Kier molecular flexibility index (Phi) is 3.10. The van der Waals surface area contributed by atoms with E-state index in [1.165, 1.54) is 19.2 Å². The number of hydrogen-bond acceptors (Lipinski definition) is 6. The fourth-order valence-corrected chi connectivity index (χ4v) is 2.42. The van der Waals surface area contributed by atoms with Crippen molar-refractivity contribution in [2.45, 2.75) is 32.2 Å². The molecular weight excluding hydrogens is 230 g/mol. The molecular formula is C12H17N5O. The van der Waals surface area contributed by atoms with Crippen LogP contribution < -0.4 is 10.6 Å². The highest BCUT2D eigenvalue weighted by Crippen LogP contribution is 2.22. The van der Waals surface area contributed by atoms with Crippen molar-refractivity contribution in [1.29, 1.82) is 0 Å². The molecule has 1 aliphatic heterocycles. The van der Waals surface area contributed by atoms with Crippen LogP contribution >= 0.6 is 0 Å². The standard InChI is InChI=1S/C12H17N5O/c1-8-10-11(15-7-16-12(10)18-17-8)14-6-4-9-3-2-5-13-9/h7,9,13H,2-6H2,1H3,(H,14,15,16)/t9-/m0/s1. The Balaban J connectivity index is 1.68. The number of nitrogens with zero attached hydrogens (tertiary/aromatic N) is 3. The molecule has 3 rings (SSSR count). The summed E-state index contributed by atoms with van der Waals surface area (Å²) in [5.41, 5.74) is 1.37. The Morgan fingerprint density at radius 1 is 1.50 bits per heavy atom. The number of fused-ring (bicyclic) bond motifs is 1.